The molecule has 0 radical (unpaired) electrons. The van der Waals surface area contributed by atoms with Gasteiger partial charge in [-0.3, -0.25) is 14.6 Å². The standard InChI is InChI=1S/C25H25FN4O2/c26-22-12-18(14-27)11-21(13-22)24-7-10-32-30(24)25(31)19-3-1-17(2-4-19)16-29-9-6-20-15-28-8-5-23(20)29/h5-6,8-9,11-13,15,17,19,24H,1-4,7,10,16H2/t17?,19?,24-/m0/s1. The number of aromatic nitrogens is 2. The van der Waals surface area contributed by atoms with Crippen molar-refractivity contribution < 1.29 is 14.0 Å². The molecule has 3 aromatic rings. The van der Waals surface area contributed by atoms with Gasteiger partial charge in [0, 0.05) is 42.9 Å². The van der Waals surface area contributed by atoms with Crippen LogP contribution in [0.1, 0.15) is 49.3 Å². The molecule has 0 unspecified atom stereocenters. The summed E-state index contributed by atoms with van der Waals surface area (Å²) in [5, 5.41) is 11.7. The second kappa shape index (κ2) is 8.71. The smallest absolute Gasteiger partial charge is 0.249 e. The van der Waals surface area contributed by atoms with Crippen LogP contribution in [0.15, 0.2) is 48.9 Å². The third-order valence-corrected chi connectivity index (χ3v) is 6.78. The molecule has 1 saturated carbocycles. The number of benzene rings is 1. The summed E-state index contributed by atoms with van der Waals surface area (Å²) in [6.07, 6.45) is 10.0. The van der Waals surface area contributed by atoms with E-state index >= 15 is 0 Å². The monoisotopic (exact) mass is 432 g/mol. The van der Waals surface area contributed by atoms with Crippen LogP contribution in [0, 0.1) is 29.0 Å². The highest BCUT2D eigenvalue weighted by atomic mass is 19.1. The Morgan fingerprint density at radius 1 is 1.19 bits per heavy atom. The Bertz CT molecular complexity index is 1180. The zero-order chi connectivity index (χ0) is 22.1. The number of halogens is 1. The first-order valence-electron chi connectivity index (χ1n) is 11.2. The number of rotatable bonds is 4. The van der Waals surface area contributed by atoms with Crippen LogP contribution in [0.25, 0.3) is 10.9 Å². The quantitative estimate of drug-likeness (QED) is 0.596. The number of carbonyl (C=O) groups is 1. The summed E-state index contributed by atoms with van der Waals surface area (Å²) in [5.74, 6) is -0.0423. The Balaban J connectivity index is 1.23. The lowest BCUT2D eigenvalue weighted by atomic mass is 9.81. The first-order valence-corrected chi connectivity index (χ1v) is 11.2. The normalized spacial score (nSPS) is 23.4. The van der Waals surface area contributed by atoms with Crippen molar-refractivity contribution in [3.63, 3.8) is 0 Å². The Morgan fingerprint density at radius 3 is 2.84 bits per heavy atom. The van der Waals surface area contributed by atoms with E-state index in [0.29, 0.717) is 24.5 Å². The van der Waals surface area contributed by atoms with E-state index in [1.807, 2.05) is 24.5 Å². The first-order chi connectivity index (χ1) is 15.6. The van der Waals surface area contributed by atoms with Crippen LogP contribution in [0.3, 0.4) is 0 Å². The van der Waals surface area contributed by atoms with Crippen LogP contribution in [0.2, 0.25) is 0 Å². The topological polar surface area (TPSA) is 71.2 Å². The van der Waals surface area contributed by atoms with Crippen molar-refractivity contribution in [3.05, 3.63) is 65.9 Å². The largest absolute Gasteiger partial charge is 0.347 e. The second-order valence-corrected chi connectivity index (χ2v) is 8.81. The molecule has 164 valence electrons. The fraction of sp³-hybridized carbons (Fsp3) is 0.400. The number of pyridine rings is 1. The number of amides is 1. The molecule has 6 nitrogen and oxygen atoms in total. The lowest BCUT2D eigenvalue weighted by Gasteiger charge is -2.32. The SMILES string of the molecule is N#Cc1cc(F)cc([C@@H]2CCON2C(=O)C2CCC(Cn3ccc4cnccc43)CC2)c1. The van der Waals surface area contributed by atoms with Crippen molar-refractivity contribution in [3.8, 4) is 6.07 Å². The molecule has 0 N–H and O–H groups in total. The van der Waals surface area contributed by atoms with Gasteiger partial charge in [0.15, 0.2) is 0 Å². The van der Waals surface area contributed by atoms with Gasteiger partial charge in [-0.1, -0.05) is 0 Å². The summed E-state index contributed by atoms with van der Waals surface area (Å²) < 4.78 is 16.2. The molecule has 1 atom stereocenters. The van der Waals surface area contributed by atoms with Crippen LogP contribution < -0.4 is 0 Å². The fourth-order valence-electron chi connectivity index (χ4n) is 5.11. The molecule has 1 aliphatic carbocycles. The van der Waals surface area contributed by atoms with E-state index in [1.54, 1.807) is 6.07 Å². The number of nitrogens with zero attached hydrogens (tertiary/aromatic N) is 4. The highest BCUT2D eigenvalue weighted by Gasteiger charge is 2.37. The van der Waals surface area contributed by atoms with Crippen molar-refractivity contribution in [1.82, 2.24) is 14.6 Å². The third kappa shape index (κ3) is 3.98. The molecule has 32 heavy (non-hydrogen) atoms. The zero-order valence-electron chi connectivity index (χ0n) is 17.8. The molecule has 5 rings (SSSR count). The van der Waals surface area contributed by atoms with Gasteiger partial charge in [0.1, 0.15) is 5.82 Å². The van der Waals surface area contributed by atoms with Crippen molar-refractivity contribution in [2.75, 3.05) is 6.61 Å². The molecule has 1 aliphatic heterocycles. The van der Waals surface area contributed by atoms with E-state index in [0.717, 1.165) is 37.6 Å². The molecule has 1 saturated heterocycles. The first kappa shape index (κ1) is 20.7. The Labute approximate surface area is 186 Å². The van der Waals surface area contributed by atoms with Crippen molar-refractivity contribution in [2.24, 2.45) is 11.8 Å². The Kier molecular flexibility index (Phi) is 5.62. The van der Waals surface area contributed by atoms with Crippen LogP contribution in [-0.2, 0) is 16.2 Å². The molecule has 1 aromatic carbocycles. The Hall–Kier alpha value is -3.24. The lowest BCUT2D eigenvalue weighted by molar-refractivity contribution is -0.183. The predicted octanol–water partition coefficient (Wildman–Crippen LogP) is 4.76. The number of carbonyl (C=O) groups excluding carboxylic acids is 1. The van der Waals surface area contributed by atoms with E-state index in [2.05, 4.69) is 21.8 Å². The van der Waals surface area contributed by atoms with Crippen LogP contribution >= 0.6 is 0 Å². The number of hydrogen-bond acceptors (Lipinski definition) is 4. The number of nitriles is 1. The maximum atomic E-state index is 13.9. The van der Waals surface area contributed by atoms with Crippen LogP contribution in [-0.4, -0.2) is 27.1 Å². The van der Waals surface area contributed by atoms with E-state index in [1.165, 1.54) is 22.7 Å². The van der Waals surface area contributed by atoms with Crippen LogP contribution in [0.4, 0.5) is 4.39 Å². The zero-order valence-corrected chi connectivity index (χ0v) is 17.8. The molecule has 0 spiro atoms. The van der Waals surface area contributed by atoms with Gasteiger partial charge in [-0.25, -0.2) is 9.45 Å². The minimum Gasteiger partial charge on any atom is -0.347 e. The maximum absolute atomic E-state index is 13.9. The van der Waals surface area contributed by atoms with Gasteiger partial charge in [-0.05, 0) is 67.5 Å². The van der Waals surface area contributed by atoms with Gasteiger partial charge < -0.3 is 4.57 Å². The van der Waals surface area contributed by atoms with Crippen molar-refractivity contribution >= 4 is 16.8 Å². The highest BCUT2D eigenvalue weighted by molar-refractivity contribution is 5.79. The van der Waals surface area contributed by atoms with Crippen molar-refractivity contribution in [1.29, 1.82) is 5.26 Å². The highest BCUT2D eigenvalue weighted by Crippen LogP contribution is 2.37. The third-order valence-electron chi connectivity index (χ3n) is 6.78. The van der Waals surface area contributed by atoms with Gasteiger partial charge in [0.2, 0.25) is 5.91 Å². The summed E-state index contributed by atoms with van der Waals surface area (Å²) in [7, 11) is 0. The summed E-state index contributed by atoms with van der Waals surface area (Å²) in [6, 6.07) is 10.0. The van der Waals surface area contributed by atoms with Gasteiger partial charge in [0.25, 0.3) is 0 Å². The van der Waals surface area contributed by atoms with E-state index in [9.17, 15) is 9.18 Å². The minimum absolute atomic E-state index is 0.0220. The minimum atomic E-state index is -0.466. The summed E-state index contributed by atoms with van der Waals surface area (Å²) in [6.45, 7) is 1.36. The van der Waals surface area contributed by atoms with Gasteiger partial charge in [0.05, 0.1) is 29.8 Å². The number of hydroxylamine groups is 2. The average molecular weight is 432 g/mol. The lowest BCUT2D eigenvalue weighted by Crippen LogP contribution is -2.37. The number of fused-ring (bicyclic) bond motifs is 1. The average Bonchev–Trinajstić information content (AvgIpc) is 3.46. The maximum Gasteiger partial charge on any atom is 0.249 e. The summed E-state index contributed by atoms with van der Waals surface area (Å²) >= 11 is 0. The molecular weight excluding hydrogens is 407 g/mol. The van der Waals surface area contributed by atoms with Crippen molar-refractivity contribution in [2.45, 2.75) is 44.7 Å². The molecule has 0 bridgehead atoms. The molecule has 2 aliphatic rings. The number of hydrogen-bond donors (Lipinski definition) is 0. The van der Waals surface area contributed by atoms with Gasteiger partial charge >= 0.3 is 0 Å². The van der Waals surface area contributed by atoms with Crippen LogP contribution in [0.5, 0.6) is 0 Å². The van der Waals surface area contributed by atoms with Gasteiger partial charge in [-0.15, -0.1) is 0 Å². The molecule has 1 amide bonds. The summed E-state index contributed by atoms with van der Waals surface area (Å²) in [5.41, 5.74) is 2.07. The van der Waals surface area contributed by atoms with E-state index in [4.69, 9.17) is 10.1 Å². The molecule has 3 heterocycles. The summed E-state index contributed by atoms with van der Waals surface area (Å²) in [4.78, 5) is 23.1. The fourth-order valence-corrected chi connectivity index (χ4v) is 5.11. The van der Waals surface area contributed by atoms with E-state index in [-0.39, 0.29) is 23.4 Å². The molecule has 2 aromatic heterocycles. The van der Waals surface area contributed by atoms with E-state index < -0.39 is 5.82 Å². The van der Waals surface area contributed by atoms with Gasteiger partial charge in [-0.2, -0.15) is 5.26 Å². The molecular formula is C25H25FN4O2. The second-order valence-electron chi connectivity index (χ2n) is 8.81. The Morgan fingerprint density at radius 2 is 2.03 bits per heavy atom. The molecule has 2 fully saturated rings. The molecule has 7 heteroatoms. The predicted molar refractivity (Wildman–Crippen MR) is 116 cm³/mol.